The standard InChI is InChI=1S/C20H23NO3/c1-22-18-12-16(13-19(14-18)23-2)8-9-21-10-11-24-20(15-21)17-6-4-3-5-7-17/h3-9,12-14,20H,10-11,15H2,1-2H3/b9-8+. The average Bonchev–Trinajstić information content (AvgIpc) is 2.67. The van der Waals surface area contributed by atoms with Crippen LogP contribution >= 0.6 is 0 Å². The van der Waals surface area contributed by atoms with E-state index >= 15 is 0 Å². The molecule has 1 aliphatic heterocycles. The maximum absolute atomic E-state index is 5.90. The van der Waals surface area contributed by atoms with E-state index < -0.39 is 0 Å². The number of morpholine rings is 1. The lowest BCUT2D eigenvalue weighted by Gasteiger charge is -2.32. The highest BCUT2D eigenvalue weighted by atomic mass is 16.5. The quantitative estimate of drug-likeness (QED) is 0.838. The molecular weight excluding hydrogens is 302 g/mol. The summed E-state index contributed by atoms with van der Waals surface area (Å²) in [6, 6.07) is 16.2. The molecule has 1 aliphatic rings. The van der Waals surface area contributed by atoms with Gasteiger partial charge in [-0.25, -0.2) is 0 Å². The van der Waals surface area contributed by atoms with Gasteiger partial charge in [-0.1, -0.05) is 30.3 Å². The minimum absolute atomic E-state index is 0.115. The summed E-state index contributed by atoms with van der Waals surface area (Å²) in [6.45, 7) is 2.47. The van der Waals surface area contributed by atoms with Crippen LogP contribution in [0.4, 0.5) is 0 Å². The van der Waals surface area contributed by atoms with Crippen molar-refractivity contribution in [1.82, 2.24) is 4.90 Å². The Morgan fingerprint density at radius 1 is 1.04 bits per heavy atom. The molecule has 24 heavy (non-hydrogen) atoms. The van der Waals surface area contributed by atoms with Crippen molar-refractivity contribution in [3.8, 4) is 11.5 Å². The van der Waals surface area contributed by atoms with Crippen molar-refractivity contribution in [2.45, 2.75) is 6.10 Å². The lowest BCUT2D eigenvalue weighted by atomic mass is 10.1. The van der Waals surface area contributed by atoms with Crippen molar-refractivity contribution >= 4 is 6.08 Å². The van der Waals surface area contributed by atoms with Gasteiger partial charge in [-0.05, 0) is 35.5 Å². The van der Waals surface area contributed by atoms with Crippen LogP contribution in [0.3, 0.4) is 0 Å². The molecule has 0 aliphatic carbocycles. The van der Waals surface area contributed by atoms with E-state index in [0.717, 1.165) is 36.8 Å². The summed E-state index contributed by atoms with van der Waals surface area (Å²) in [4.78, 5) is 2.28. The normalized spacial score (nSPS) is 17.9. The Labute approximate surface area is 143 Å². The Hall–Kier alpha value is -2.46. The summed E-state index contributed by atoms with van der Waals surface area (Å²) >= 11 is 0. The lowest BCUT2D eigenvalue weighted by molar-refractivity contribution is -0.0135. The molecule has 3 rings (SSSR count). The Morgan fingerprint density at radius 3 is 2.42 bits per heavy atom. The third-order valence-electron chi connectivity index (χ3n) is 4.12. The molecule has 0 saturated carbocycles. The number of methoxy groups -OCH3 is 2. The third kappa shape index (κ3) is 4.09. The van der Waals surface area contributed by atoms with Gasteiger partial charge in [0.15, 0.2) is 0 Å². The number of ether oxygens (including phenoxy) is 3. The van der Waals surface area contributed by atoms with Gasteiger partial charge in [0.05, 0.1) is 26.9 Å². The van der Waals surface area contributed by atoms with Crippen LogP contribution in [0.5, 0.6) is 11.5 Å². The SMILES string of the molecule is COc1cc(/C=C/N2CCOC(c3ccccc3)C2)cc(OC)c1. The monoisotopic (exact) mass is 325 g/mol. The molecule has 2 aromatic carbocycles. The van der Waals surface area contributed by atoms with Crippen molar-refractivity contribution in [2.75, 3.05) is 33.9 Å². The third-order valence-corrected chi connectivity index (χ3v) is 4.12. The maximum atomic E-state index is 5.90. The van der Waals surface area contributed by atoms with Gasteiger partial charge in [0.25, 0.3) is 0 Å². The van der Waals surface area contributed by atoms with Crippen molar-refractivity contribution in [2.24, 2.45) is 0 Å². The van der Waals surface area contributed by atoms with E-state index in [4.69, 9.17) is 14.2 Å². The summed E-state index contributed by atoms with van der Waals surface area (Å²) in [6.07, 6.45) is 4.31. The molecule has 0 spiro atoms. The first-order valence-corrected chi connectivity index (χ1v) is 8.10. The number of nitrogens with zero attached hydrogens (tertiary/aromatic N) is 1. The van der Waals surface area contributed by atoms with Crippen LogP contribution < -0.4 is 9.47 Å². The minimum atomic E-state index is 0.115. The zero-order chi connectivity index (χ0) is 16.8. The molecule has 0 aromatic heterocycles. The van der Waals surface area contributed by atoms with Crippen molar-refractivity contribution < 1.29 is 14.2 Å². The Morgan fingerprint density at radius 2 is 1.75 bits per heavy atom. The van der Waals surface area contributed by atoms with Gasteiger partial charge >= 0.3 is 0 Å². The van der Waals surface area contributed by atoms with E-state index in [0.29, 0.717) is 0 Å². The Kier molecular flexibility index (Phi) is 5.39. The molecule has 0 amide bonds. The predicted molar refractivity (Wildman–Crippen MR) is 95.3 cm³/mol. The highest BCUT2D eigenvalue weighted by molar-refractivity contribution is 5.55. The number of benzene rings is 2. The summed E-state index contributed by atoms with van der Waals surface area (Å²) in [7, 11) is 3.32. The zero-order valence-electron chi connectivity index (χ0n) is 14.1. The summed E-state index contributed by atoms with van der Waals surface area (Å²) in [5.41, 5.74) is 2.27. The van der Waals surface area contributed by atoms with Crippen LogP contribution in [0.2, 0.25) is 0 Å². The maximum Gasteiger partial charge on any atom is 0.123 e. The van der Waals surface area contributed by atoms with Crippen LogP contribution in [0, 0.1) is 0 Å². The summed E-state index contributed by atoms with van der Waals surface area (Å²) in [5, 5.41) is 0. The fourth-order valence-corrected chi connectivity index (χ4v) is 2.79. The number of hydrogen-bond donors (Lipinski definition) is 0. The van der Waals surface area contributed by atoms with E-state index in [2.05, 4.69) is 41.4 Å². The molecule has 2 aromatic rings. The molecule has 126 valence electrons. The first-order chi connectivity index (χ1) is 11.8. The zero-order valence-corrected chi connectivity index (χ0v) is 14.1. The second kappa shape index (κ2) is 7.88. The lowest BCUT2D eigenvalue weighted by Crippen LogP contribution is -2.34. The van der Waals surface area contributed by atoms with Gasteiger partial charge in [-0.3, -0.25) is 0 Å². The van der Waals surface area contributed by atoms with E-state index in [1.807, 2.05) is 24.3 Å². The van der Waals surface area contributed by atoms with E-state index in [1.54, 1.807) is 14.2 Å². The first-order valence-electron chi connectivity index (χ1n) is 8.10. The molecule has 1 fully saturated rings. The van der Waals surface area contributed by atoms with E-state index in [-0.39, 0.29) is 6.10 Å². The summed E-state index contributed by atoms with van der Waals surface area (Å²) < 4.78 is 16.5. The van der Waals surface area contributed by atoms with Gasteiger partial charge in [-0.15, -0.1) is 0 Å². The van der Waals surface area contributed by atoms with Crippen LogP contribution in [-0.4, -0.2) is 38.8 Å². The second-order valence-corrected chi connectivity index (χ2v) is 5.73. The fourth-order valence-electron chi connectivity index (χ4n) is 2.79. The molecule has 1 unspecified atom stereocenters. The van der Waals surface area contributed by atoms with Gasteiger partial charge in [-0.2, -0.15) is 0 Å². The van der Waals surface area contributed by atoms with Crippen LogP contribution in [0.15, 0.2) is 54.7 Å². The molecule has 1 saturated heterocycles. The fraction of sp³-hybridized carbons (Fsp3) is 0.300. The van der Waals surface area contributed by atoms with Crippen LogP contribution in [0.25, 0.3) is 6.08 Å². The van der Waals surface area contributed by atoms with Gasteiger partial charge in [0.1, 0.15) is 11.5 Å². The highest BCUT2D eigenvalue weighted by Crippen LogP contribution is 2.25. The van der Waals surface area contributed by atoms with E-state index in [9.17, 15) is 0 Å². The first kappa shape index (κ1) is 16.4. The molecule has 0 radical (unpaired) electrons. The predicted octanol–water partition coefficient (Wildman–Crippen LogP) is 3.75. The van der Waals surface area contributed by atoms with Crippen LogP contribution in [0.1, 0.15) is 17.2 Å². The highest BCUT2D eigenvalue weighted by Gasteiger charge is 2.19. The van der Waals surface area contributed by atoms with Crippen molar-refractivity contribution in [3.05, 3.63) is 65.9 Å². The largest absolute Gasteiger partial charge is 0.497 e. The number of rotatable bonds is 5. The van der Waals surface area contributed by atoms with Crippen LogP contribution in [-0.2, 0) is 4.74 Å². The molecule has 4 heteroatoms. The second-order valence-electron chi connectivity index (χ2n) is 5.73. The average molecular weight is 325 g/mol. The molecule has 0 bridgehead atoms. The molecular formula is C20H23NO3. The van der Waals surface area contributed by atoms with Gasteiger partial charge in [0.2, 0.25) is 0 Å². The summed E-state index contributed by atoms with van der Waals surface area (Å²) in [5.74, 6) is 1.58. The molecule has 4 nitrogen and oxygen atoms in total. The van der Waals surface area contributed by atoms with Crippen molar-refractivity contribution in [3.63, 3.8) is 0 Å². The Bertz CT molecular complexity index is 662. The van der Waals surface area contributed by atoms with E-state index in [1.165, 1.54) is 5.56 Å². The Balaban J connectivity index is 1.70. The van der Waals surface area contributed by atoms with Gasteiger partial charge in [0, 0.05) is 19.2 Å². The topological polar surface area (TPSA) is 30.9 Å². The number of hydrogen-bond acceptors (Lipinski definition) is 4. The van der Waals surface area contributed by atoms with Crippen molar-refractivity contribution in [1.29, 1.82) is 0 Å². The minimum Gasteiger partial charge on any atom is -0.497 e. The van der Waals surface area contributed by atoms with Gasteiger partial charge < -0.3 is 19.1 Å². The molecule has 1 heterocycles. The smallest absolute Gasteiger partial charge is 0.123 e. The molecule has 0 N–H and O–H groups in total. The molecule has 1 atom stereocenters.